The van der Waals surface area contributed by atoms with Crippen LogP contribution in [0, 0.1) is 0 Å². The maximum Gasteiger partial charge on any atom is 0.256 e. The van der Waals surface area contributed by atoms with Crippen molar-refractivity contribution in [2.24, 2.45) is 5.73 Å². The van der Waals surface area contributed by atoms with Gasteiger partial charge in [0.2, 0.25) is 6.17 Å². The summed E-state index contributed by atoms with van der Waals surface area (Å²) < 4.78 is 13.7. The summed E-state index contributed by atoms with van der Waals surface area (Å²) in [5, 5.41) is 0. The molecule has 0 aliphatic heterocycles. The molecule has 64 valence electrons. The van der Waals surface area contributed by atoms with E-state index < -0.39 is 12.1 Å². The summed E-state index contributed by atoms with van der Waals surface area (Å²) in [7, 11) is 0. The first-order valence-electron chi connectivity index (χ1n) is 3.30. The van der Waals surface area contributed by atoms with Gasteiger partial charge in [0.15, 0.2) is 0 Å². The Morgan fingerprint density at radius 3 is 2.33 bits per heavy atom. The van der Waals surface area contributed by atoms with E-state index in [9.17, 15) is 9.18 Å². The second-order valence-electron chi connectivity index (χ2n) is 2.32. The molecule has 0 aromatic heterocycles. The fourth-order valence-electron chi connectivity index (χ4n) is 0.796. The largest absolute Gasteiger partial charge is 0.367 e. The van der Waals surface area contributed by atoms with Gasteiger partial charge in [0.25, 0.3) is 5.91 Å². The quantitative estimate of drug-likeness (QED) is 0.831. The van der Waals surface area contributed by atoms with E-state index >= 15 is 0 Å². The summed E-state index contributed by atoms with van der Waals surface area (Å²) in [6.45, 7) is 0. The summed E-state index contributed by atoms with van der Waals surface area (Å²) in [6.07, 6.45) is -1.71. The van der Waals surface area contributed by atoms with E-state index in [4.69, 9.17) is 5.73 Å². The topological polar surface area (TPSA) is 43.1 Å². The molecule has 0 saturated heterocycles. The van der Waals surface area contributed by atoms with Crippen LogP contribution >= 0.6 is 15.9 Å². The second-order valence-corrected chi connectivity index (χ2v) is 3.23. The van der Waals surface area contributed by atoms with Crippen LogP contribution in [-0.2, 0) is 4.79 Å². The third-order valence-corrected chi connectivity index (χ3v) is 1.94. The van der Waals surface area contributed by atoms with Crippen molar-refractivity contribution in [1.29, 1.82) is 0 Å². The highest BCUT2D eigenvalue weighted by Crippen LogP contribution is 2.19. The first-order valence-corrected chi connectivity index (χ1v) is 4.09. The molecule has 0 fully saturated rings. The molecule has 0 saturated carbocycles. The number of rotatable bonds is 2. The Balaban J connectivity index is 2.89. The molecule has 1 amide bonds. The molecule has 0 spiro atoms. The molecule has 1 aromatic carbocycles. The lowest BCUT2D eigenvalue weighted by Gasteiger charge is -2.02. The molecular weight excluding hydrogens is 225 g/mol. The summed E-state index contributed by atoms with van der Waals surface area (Å²) in [6, 6.07) is 6.34. The van der Waals surface area contributed by atoms with Crippen molar-refractivity contribution in [2.75, 3.05) is 0 Å². The van der Waals surface area contributed by atoms with E-state index in [0.717, 1.165) is 4.47 Å². The fourth-order valence-corrected chi connectivity index (χ4v) is 1.06. The first-order chi connectivity index (χ1) is 5.61. The molecule has 0 aliphatic rings. The molecule has 2 nitrogen and oxygen atoms in total. The minimum Gasteiger partial charge on any atom is -0.367 e. The number of primary amides is 1. The van der Waals surface area contributed by atoms with Crippen LogP contribution in [0.25, 0.3) is 0 Å². The van der Waals surface area contributed by atoms with Crippen molar-refractivity contribution < 1.29 is 9.18 Å². The van der Waals surface area contributed by atoms with E-state index in [0.29, 0.717) is 0 Å². The number of hydrogen-bond donors (Lipinski definition) is 1. The van der Waals surface area contributed by atoms with Crippen LogP contribution in [0.4, 0.5) is 4.39 Å². The number of carbonyl (C=O) groups is 1. The highest BCUT2D eigenvalue weighted by Gasteiger charge is 2.14. The Morgan fingerprint density at radius 2 is 1.92 bits per heavy atom. The van der Waals surface area contributed by atoms with Crippen LogP contribution in [0.5, 0.6) is 0 Å². The molecule has 0 aliphatic carbocycles. The number of benzene rings is 1. The molecular formula is C8H7BrFNO. The Labute approximate surface area is 77.7 Å². The van der Waals surface area contributed by atoms with Crippen LogP contribution in [0.2, 0.25) is 0 Å². The van der Waals surface area contributed by atoms with E-state index in [-0.39, 0.29) is 5.56 Å². The number of halogens is 2. The highest BCUT2D eigenvalue weighted by molar-refractivity contribution is 9.10. The third-order valence-electron chi connectivity index (χ3n) is 1.41. The van der Waals surface area contributed by atoms with E-state index in [1.54, 1.807) is 12.1 Å². The van der Waals surface area contributed by atoms with Crippen LogP contribution in [0.3, 0.4) is 0 Å². The summed E-state index contributed by atoms with van der Waals surface area (Å²) >= 11 is 3.19. The molecule has 1 rings (SSSR count). The SMILES string of the molecule is NC(=O)C(F)c1ccc(Br)cc1. The molecule has 0 radical (unpaired) electrons. The normalized spacial score (nSPS) is 12.5. The Bertz CT molecular complexity index is 286. The average molecular weight is 232 g/mol. The average Bonchev–Trinajstić information content (AvgIpc) is 2.04. The van der Waals surface area contributed by atoms with Crippen molar-refractivity contribution in [3.8, 4) is 0 Å². The van der Waals surface area contributed by atoms with Gasteiger partial charge in [-0.1, -0.05) is 28.1 Å². The van der Waals surface area contributed by atoms with E-state index in [1.807, 2.05) is 0 Å². The molecule has 0 bridgehead atoms. The standard InChI is InChI=1S/C8H7BrFNO/c9-6-3-1-5(2-4-6)7(10)8(11)12/h1-4,7H,(H2,11,12). The van der Waals surface area contributed by atoms with Crippen molar-refractivity contribution in [3.63, 3.8) is 0 Å². The van der Waals surface area contributed by atoms with Crippen LogP contribution < -0.4 is 5.73 Å². The van der Waals surface area contributed by atoms with Crippen molar-refractivity contribution >= 4 is 21.8 Å². The first kappa shape index (κ1) is 9.19. The smallest absolute Gasteiger partial charge is 0.256 e. The number of alkyl halides is 1. The minimum absolute atomic E-state index is 0.283. The predicted molar refractivity (Wildman–Crippen MR) is 47.2 cm³/mol. The molecule has 0 heterocycles. The Morgan fingerprint density at radius 1 is 1.42 bits per heavy atom. The molecule has 12 heavy (non-hydrogen) atoms. The summed E-state index contributed by atoms with van der Waals surface area (Å²) in [5.41, 5.74) is 5.06. The third kappa shape index (κ3) is 2.04. The van der Waals surface area contributed by atoms with Gasteiger partial charge in [0.1, 0.15) is 0 Å². The zero-order chi connectivity index (χ0) is 9.14. The molecule has 1 unspecified atom stereocenters. The maximum absolute atomic E-state index is 12.9. The molecule has 2 N–H and O–H groups in total. The number of nitrogens with two attached hydrogens (primary N) is 1. The lowest BCUT2D eigenvalue weighted by atomic mass is 10.1. The lowest BCUT2D eigenvalue weighted by molar-refractivity contribution is -0.122. The van der Waals surface area contributed by atoms with Gasteiger partial charge in [-0.25, -0.2) is 4.39 Å². The van der Waals surface area contributed by atoms with Gasteiger partial charge in [-0.3, -0.25) is 4.79 Å². The minimum atomic E-state index is -1.71. The van der Waals surface area contributed by atoms with Gasteiger partial charge in [0, 0.05) is 4.47 Å². The van der Waals surface area contributed by atoms with Gasteiger partial charge in [-0.2, -0.15) is 0 Å². The second kappa shape index (κ2) is 3.67. The Hall–Kier alpha value is -0.900. The highest BCUT2D eigenvalue weighted by atomic mass is 79.9. The van der Waals surface area contributed by atoms with Gasteiger partial charge >= 0.3 is 0 Å². The Kier molecular flexibility index (Phi) is 2.81. The van der Waals surface area contributed by atoms with Gasteiger partial charge in [-0.15, -0.1) is 0 Å². The zero-order valence-corrected chi connectivity index (χ0v) is 7.71. The van der Waals surface area contributed by atoms with Gasteiger partial charge < -0.3 is 5.73 Å². The van der Waals surface area contributed by atoms with Crippen LogP contribution in [0.1, 0.15) is 11.7 Å². The summed E-state index contributed by atoms with van der Waals surface area (Å²) in [5.74, 6) is -0.961. The fraction of sp³-hybridized carbons (Fsp3) is 0.125. The number of carbonyl (C=O) groups excluding carboxylic acids is 1. The monoisotopic (exact) mass is 231 g/mol. The van der Waals surface area contributed by atoms with Crippen LogP contribution in [-0.4, -0.2) is 5.91 Å². The maximum atomic E-state index is 12.9. The molecule has 1 atom stereocenters. The van der Waals surface area contributed by atoms with E-state index in [1.165, 1.54) is 12.1 Å². The predicted octanol–water partition coefficient (Wildman–Crippen LogP) is 1.95. The van der Waals surface area contributed by atoms with Gasteiger partial charge in [0.05, 0.1) is 0 Å². The zero-order valence-electron chi connectivity index (χ0n) is 6.13. The van der Waals surface area contributed by atoms with Crippen molar-refractivity contribution in [3.05, 3.63) is 34.3 Å². The van der Waals surface area contributed by atoms with Crippen molar-refractivity contribution in [1.82, 2.24) is 0 Å². The van der Waals surface area contributed by atoms with Crippen LogP contribution in [0.15, 0.2) is 28.7 Å². The van der Waals surface area contributed by atoms with Gasteiger partial charge in [-0.05, 0) is 17.7 Å². The number of hydrogen-bond acceptors (Lipinski definition) is 1. The molecule has 1 aromatic rings. The van der Waals surface area contributed by atoms with E-state index in [2.05, 4.69) is 15.9 Å². The summed E-state index contributed by atoms with van der Waals surface area (Å²) in [4.78, 5) is 10.4. The molecule has 4 heteroatoms. The number of amides is 1. The lowest BCUT2D eigenvalue weighted by Crippen LogP contribution is -2.17. The van der Waals surface area contributed by atoms with Crippen molar-refractivity contribution in [2.45, 2.75) is 6.17 Å².